The summed E-state index contributed by atoms with van der Waals surface area (Å²) in [7, 11) is 0. The van der Waals surface area contributed by atoms with Crippen molar-refractivity contribution in [3.8, 4) is 17.5 Å². The standard InChI is InChI=1S/C24H21N5O/c1-16(28-13-20(14-28)18-9-7-17(11-25)8-10-18)21-15-29-22(24(30)27-21)12-26-23(29)19-5-3-2-4-6-19/h2-10,12,15-16,20H,13-14H2,1H3,(H,27,30). The summed E-state index contributed by atoms with van der Waals surface area (Å²) in [5.74, 6) is 1.22. The molecule has 0 bridgehead atoms. The van der Waals surface area contributed by atoms with Gasteiger partial charge < -0.3 is 4.98 Å². The highest BCUT2D eigenvalue weighted by Crippen LogP contribution is 2.33. The van der Waals surface area contributed by atoms with Crippen LogP contribution in [-0.2, 0) is 0 Å². The van der Waals surface area contributed by atoms with E-state index in [4.69, 9.17) is 5.26 Å². The molecule has 1 aliphatic rings. The zero-order valence-electron chi connectivity index (χ0n) is 16.6. The maximum Gasteiger partial charge on any atom is 0.274 e. The number of aromatic amines is 1. The van der Waals surface area contributed by atoms with Crippen LogP contribution >= 0.6 is 0 Å². The van der Waals surface area contributed by atoms with Crippen LogP contribution in [0.25, 0.3) is 16.9 Å². The molecule has 5 rings (SSSR count). The minimum absolute atomic E-state index is 0.0859. The van der Waals surface area contributed by atoms with Gasteiger partial charge in [-0.3, -0.25) is 14.1 Å². The summed E-state index contributed by atoms with van der Waals surface area (Å²) in [4.78, 5) is 22.5. The van der Waals surface area contributed by atoms with Crippen LogP contribution in [0.2, 0.25) is 0 Å². The molecule has 1 atom stereocenters. The van der Waals surface area contributed by atoms with Crippen molar-refractivity contribution in [2.75, 3.05) is 13.1 Å². The zero-order valence-corrected chi connectivity index (χ0v) is 16.6. The molecule has 30 heavy (non-hydrogen) atoms. The Bertz CT molecular complexity index is 1290. The molecule has 0 amide bonds. The van der Waals surface area contributed by atoms with Crippen LogP contribution in [0.5, 0.6) is 0 Å². The Hall–Kier alpha value is -3.69. The first-order valence-electron chi connectivity index (χ1n) is 10.0. The molecule has 0 spiro atoms. The number of rotatable bonds is 4. The summed E-state index contributed by atoms with van der Waals surface area (Å²) < 4.78 is 1.89. The minimum Gasteiger partial charge on any atom is -0.321 e. The molecule has 6 heteroatoms. The molecule has 2 aromatic heterocycles. The monoisotopic (exact) mass is 395 g/mol. The van der Waals surface area contributed by atoms with Crippen molar-refractivity contribution >= 4 is 5.52 Å². The Balaban J connectivity index is 1.40. The minimum atomic E-state index is -0.127. The van der Waals surface area contributed by atoms with Crippen LogP contribution in [0.4, 0.5) is 0 Å². The Morgan fingerprint density at radius 1 is 1.13 bits per heavy atom. The lowest BCUT2D eigenvalue weighted by atomic mass is 9.89. The third-order valence-corrected chi connectivity index (χ3v) is 6.01. The van der Waals surface area contributed by atoms with E-state index in [9.17, 15) is 4.79 Å². The van der Waals surface area contributed by atoms with Gasteiger partial charge >= 0.3 is 0 Å². The highest BCUT2D eigenvalue weighted by Gasteiger charge is 2.32. The first-order valence-corrected chi connectivity index (χ1v) is 10.0. The highest BCUT2D eigenvalue weighted by atomic mass is 16.1. The number of likely N-dealkylation sites (tertiary alicyclic amines) is 1. The molecule has 6 nitrogen and oxygen atoms in total. The van der Waals surface area contributed by atoms with Crippen molar-refractivity contribution < 1.29 is 0 Å². The number of fused-ring (bicyclic) bond motifs is 1. The molecule has 1 aliphatic heterocycles. The molecular formula is C24H21N5O. The van der Waals surface area contributed by atoms with E-state index in [1.165, 1.54) is 5.56 Å². The Labute approximate surface area is 174 Å². The van der Waals surface area contributed by atoms with Gasteiger partial charge in [-0.25, -0.2) is 4.98 Å². The third kappa shape index (κ3) is 3.10. The lowest BCUT2D eigenvalue weighted by Crippen LogP contribution is -2.46. The van der Waals surface area contributed by atoms with E-state index < -0.39 is 0 Å². The van der Waals surface area contributed by atoms with E-state index in [1.54, 1.807) is 6.20 Å². The normalized spacial score (nSPS) is 15.6. The number of nitriles is 1. The lowest BCUT2D eigenvalue weighted by Gasteiger charge is -2.43. The van der Waals surface area contributed by atoms with Crippen LogP contribution in [0.1, 0.15) is 35.7 Å². The number of nitrogens with zero attached hydrogens (tertiary/aromatic N) is 4. The van der Waals surface area contributed by atoms with Crippen molar-refractivity contribution in [2.24, 2.45) is 0 Å². The van der Waals surface area contributed by atoms with E-state index in [1.807, 2.05) is 65.2 Å². The fraction of sp³-hybridized carbons (Fsp3) is 0.208. The van der Waals surface area contributed by atoms with Crippen LogP contribution in [0.3, 0.4) is 0 Å². The number of hydrogen-bond acceptors (Lipinski definition) is 4. The average molecular weight is 395 g/mol. The molecule has 1 fully saturated rings. The third-order valence-electron chi connectivity index (χ3n) is 6.01. The fourth-order valence-electron chi connectivity index (χ4n) is 4.11. The molecule has 148 valence electrons. The van der Waals surface area contributed by atoms with Gasteiger partial charge in [0.15, 0.2) is 0 Å². The van der Waals surface area contributed by atoms with E-state index >= 15 is 0 Å². The Kier molecular flexibility index (Phi) is 4.46. The highest BCUT2D eigenvalue weighted by molar-refractivity contribution is 5.61. The van der Waals surface area contributed by atoms with Gasteiger partial charge in [0, 0.05) is 36.8 Å². The van der Waals surface area contributed by atoms with Gasteiger partial charge in [0.2, 0.25) is 0 Å². The molecule has 2 aromatic carbocycles. The smallest absolute Gasteiger partial charge is 0.274 e. The second kappa shape index (κ2) is 7.29. The molecule has 1 unspecified atom stereocenters. The van der Waals surface area contributed by atoms with Crippen molar-refractivity contribution in [2.45, 2.75) is 18.9 Å². The van der Waals surface area contributed by atoms with Crippen LogP contribution in [0.15, 0.2) is 71.8 Å². The topological polar surface area (TPSA) is 77.2 Å². The van der Waals surface area contributed by atoms with Gasteiger partial charge in [-0.15, -0.1) is 0 Å². The molecule has 0 saturated carbocycles. The van der Waals surface area contributed by atoms with Gasteiger partial charge in [-0.05, 0) is 24.6 Å². The molecule has 0 aliphatic carbocycles. The van der Waals surface area contributed by atoms with Crippen LogP contribution < -0.4 is 5.56 Å². The quantitative estimate of drug-likeness (QED) is 0.571. The summed E-state index contributed by atoms with van der Waals surface area (Å²) >= 11 is 0. The van der Waals surface area contributed by atoms with E-state index in [0.717, 1.165) is 30.2 Å². The van der Waals surface area contributed by atoms with E-state index in [2.05, 4.69) is 27.9 Å². The van der Waals surface area contributed by atoms with Gasteiger partial charge in [0.1, 0.15) is 11.3 Å². The van der Waals surface area contributed by atoms with Gasteiger partial charge in [0.05, 0.1) is 23.5 Å². The second-order valence-corrected chi connectivity index (χ2v) is 7.80. The van der Waals surface area contributed by atoms with Crippen LogP contribution in [-0.4, -0.2) is 32.4 Å². The zero-order chi connectivity index (χ0) is 20.7. The predicted octanol–water partition coefficient (Wildman–Crippen LogP) is 3.72. The first-order chi connectivity index (χ1) is 14.6. The molecular weight excluding hydrogens is 374 g/mol. The lowest BCUT2D eigenvalue weighted by molar-refractivity contribution is 0.0979. The molecule has 1 saturated heterocycles. The second-order valence-electron chi connectivity index (χ2n) is 7.80. The number of hydrogen-bond donors (Lipinski definition) is 1. The number of nitrogens with one attached hydrogen (secondary N) is 1. The van der Waals surface area contributed by atoms with E-state index in [0.29, 0.717) is 17.0 Å². The summed E-state index contributed by atoms with van der Waals surface area (Å²) in [6, 6.07) is 20.0. The number of benzene rings is 2. The van der Waals surface area contributed by atoms with Crippen molar-refractivity contribution in [3.63, 3.8) is 0 Å². The average Bonchev–Trinajstić information content (AvgIpc) is 3.18. The summed E-state index contributed by atoms with van der Waals surface area (Å²) in [6.07, 6.45) is 3.62. The largest absolute Gasteiger partial charge is 0.321 e. The Morgan fingerprint density at radius 3 is 2.57 bits per heavy atom. The van der Waals surface area contributed by atoms with Gasteiger partial charge in [0.25, 0.3) is 5.56 Å². The van der Waals surface area contributed by atoms with Crippen molar-refractivity contribution in [1.29, 1.82) is 5.26 Å². The molecule has 1 N–H and O–H groups in total. The van der Waals surface area contributed by atoms with E-state index in [-0.39, 0.29) is 11.6 Å². The summed E-state index contributed by atoms with van der Waals surface area (Å²) in [5, 5.41) is 8.96. The number of imidazole rings is 1. The summed E-state index contributed by atoms with van der Waals surface area (Å²) in [5.41, 5.74) is 4.21. The summed E-state index contributed by atoms with van der Waals surface area (Å²) in [6.45, 7) is 3.95. The molecule has 3 heterocycles. The van der Waals surface area contributed by atoms with Crippen LogP contribution in [0, 0.1) is 11.3 Å². The SMILES string of the molecule is CC(c1cn2c(-c3ccccc3)ncc2c(=O)[nH]1)N1CC(c2ccc(C#N)cc2)C1. The van der Waals surface area contributed by atoms with Gasteiger partial charge in [-0.2, -0.15) is 5.26 Å². The maximum atomic E-state index is 12.7. The molecule has 4 aromatic rings. The molecule has 0 radical (unpaired) electrons. The Morgan fingerprint density at radius 2 is 1.87 bits per heavy atom. The predicted molar refractivity (Wildman–Crippen MR) is 115 cm³/mol. The number of aromatic nitrogens is 3. The maximum absolute atomic E-state index is 12.7. The van der Waals surface area contributed by atoms with Gasteiger partial charge in [-0.1, -0.05) is 42.5 Å². The van der Waals surface area contributed by atoms with Crippen molar-refractivity contribution in [3.05, 3.63) is 94.2 Å². The first kappa shape index (κ1) is 18.3. The fourth-order valence-corrected chi connectivity index (χ4v) is 4.11. The number of H-pyrrole nitrogens is 1. The van der Waals surface area contributed by atoms with Crippen molar-refractivity contribution in [1.82, 2.24) is 19.3 Å².